The maximum absolute atomic E-state index is 13.1. The van der Waals surface area contributed by atoms with E-state index in [9.17, 15) is 9.59 Å². The molecule has 4 rings (SSSR count). The van der Waals surface area contributed by atoms with Gasteiger partial charge >= 0.3 is 0 Å². The number of rotatable bonds is 3. The number of amides is 2. The van der Waals surface area contributed by atoms with Crippen LogP contribution >= 0.6 is 11.7 Å². The Kier molecular flexibility index (Phi) is 4.43. The second-order valence-corrected chi connectivity index (χ2v) is 8.83. The predicted octanol–water partition coefficient (Wildman–Crippen LogP) is 2.32. The van der Waals surface area contributed by atoms with Gasteiger partial charge in [0.25, 0.3) is 11.8 Å². The Bertz CT molecular complexity index is 890. The quantitative estimate of drug-likeness (QED) is 0.807. The first-order valence-electron chi connectivity index (χ1n) is 9.25. The zero-order valence-electron chi connectivity index (χ0n) is 16.0. The molecule has 0 spiro atoms. The van der Waals surface area contributed by atoms with E-state index in [1.165, 1.54) is 0 Å². The summed E-state index contributed by atoms with van der Waals surface area (Å²) in [6.07, 6.45) is 0.341. The molecule has 1 aromatic carbocycles. The van der Waals surface area contributed by atoms with Crippen molar-refractivity contribution >= 4 is 34.6 Å². The summed E-state index contributed by atoms with van der Waals surface area (Å²) < 4.78 is 14.3. The van der Waals surface area contributed by atoms with Crippen LogP contribution in [0, 0.1) is 0 Å². The molecule has 144 valence electrons. The maximum Gasteiger partial charge on any atom is 0.256 e. The number of likely N-dealkylation sites (tertiary alicyclic amines) is 2. The van der Waals surface area contributed by atoms with Gasteiger partial charge in [0, 0.05) is 13.1 Å². The lowest BCUT2D eigenvalue weighted by molar-refractivity contribution is -0.153. The normalized spacial score (nSPS) is 23.3. The lowest BCUT2D eigenvalue weighted by Crippen LogP contribution is -2.53. The van der Waals surface area contributed by atoms with Crippen LogP contribution in [0.25, 0.3) is 11.0 Å². The summed E-state index contributed by atoms with van der Waals surface area (Å²) in [4.78, 5) is 29.6. The first kappa shape index (κ1) is 18.3. The van der Waals surface area contributed by atoms with Gasteiger partial charge in [-0.2, -0.15) is 8.75 Å². The molecule has 27 heavy (non-hydrogen) atoms. The smallest absolute Gasteiger partial charge is 0.256 e. The number of nitrogens with zero attached hydrogens (tertiary/aromatic N) is 4. The van der Waals surface area contributed by atoms with Gasteiger partial charge in [-0.1, -0.05) is 6.07 Å². The molecule has 2 amide bonds. The number of aromatic nitrogens is 2. The van der Waals surface area contributed by atoms with Gasteiger partial charge in [0.15, 0.2) is 0 Å². The fraction of sp³-hybridized carbons (Fsp3) is 0.579. The van der Waals surface area contributed by atoms with Gasteiger partial charge in [0.1, 0.15) is 17.1 Å². The van der Waals surface area contributed by atoms with E-state index in [2.05, 4.69) is 8.75 Å². The summed E-state index contributed by atoms with van der Waals surface area (Å²) in [6, 6.07) is 5.62. The average molecular weight is 388 g/mol. The van der Waals surface area contributed by atoms with Crippen LogP contribution in [0.3, 0.4) is 0 Å². The molecule has 7 nitrogen and oxygen atoms in total. The molecule has 2 bridgehead atoms. The molecule has 3 heterocycles. The summed E-state index contributed by atoms with van der Waals surface area (Å²) in [6.45, 7) is 8.77. The standard InChI is InChI=1S/C19H24N4O3S/c1-11(26-19(2,3)4)17(24)22-9-13-8-12(22)10-23(13)18(25)14-6-5-7-15-16(14)21-27-20-15/h5-7,11-13H,8-10H2,1-4H3/t11-,12+,13+/m1/s1. The topological polar surface area (TPSA) is 75.6 Å². The molecular formula is C19H24N4O3S. The van der Waals surface area contributed by atoms with E-state index >= 15 is 0 Å². The highest BCUT2D eigenvalue weighted by Crippen LogP contribution is 2.33. The van der Waals surface area contributed by atoms with Crippen molar-refractivity contribution in [3.05, 3.63) is 23.8 Å². The van der Waals surface area contributed by atoms with E-state index in [1.807, 2.05) is 42.7 Å². The second kappa shape index (κ2) is 6.53. The molecular weight excluding hydrogens is 364 g/mol. The van der Waals surface area contributed by atoms with E-state index in [1.54, 1.807) is 13.0 Å². The van der Waals surface area contributed by atoms with Gasteiger partial charge in [-0.3, -0.25) is 9.59 Å². The van der Waals surface area contributed by atoms with Crippen LogP contribution in [-0.2, 0) is 9.53 Å². The number of piperazine rings is 1. The fourth-order valence-electron chi connectivity index (χ4n) is 4.13. The van der Waals surface area contributed by atoms with Crippen LogP contribution in [0.5, 0.6) is 0 Å². The fourth-order valence-corrected chi connectivity index (χ4v) is 4.68. The third-order valence-corrected chi connectivity index (χ3v) is 5.72. The van der Waals surface area contributed by atoms with Crippen molar-refractivity contribution in [1.29, 1.82) is 0 Å². The molecule has 3 atom stereocenters. The Balaban J connectivity index is 1.46. The Morgan fingerprint density at radius 1 is 1.19 bits per heavy atom. The molecule has 2 aliphatic heterocycles. The van der Waals surface area contributed by atoms with E-state index in [4.69, 9.17) is 4.74 Å². The van der Waals surface area contributed by atoms with Crippen LogP contribution in [0.1, 0.15) is 44.5 Å². The van der Waals surface area contributed by atoms with Crippen LogP contribution in [-0.4, -0.2) is 67.2 Å². The van der Waals surface area contributed by atoms with Gasteiger partial charge in [-0.15, -0.1) is 0 Å². The van der Waals surface area contributed by atoms with Gasteiger partial charge in [0.2, 0.25) is 0 Å². The summed E-state index contributed by atoms with van der Waals surface area (Å²) in [5, 5.41) is 0. The molecule has 1 aromatic heterocycles. The van der Waals surface area contributed by atoms with Crippen LogP contribution < -0.4 is 0 Å². The van der Waals surface area contributed by atoms with Crippen molar-refractivity contribution in [2.24, 2.45) is 0 Å². The van der Waals surface area contributed by atoms with Gasteiger partial charge in [0.05, 0.1) is 35.0 Å². The summed E-state index contributed by atoms with van der Waals surface area (Å²) in [5.74, 6) is -0.0118. The second-order valence-electron chi connectivity index (χ2n) is 8.30. The summed E-state index contributed by atoms with van der Waals surface area (Å²) in [7, 11) is 0. The molecule has 2 fully saturated rings. The van der Waals surface area contributed by atoms with Crippen molar-refractivity contribution in [2.75, 3.05) is 13.1 Å². The lowest BCUT2D eigenvalue weighted by atomic mass is 10.1. The number of carbonyl (C=O) groups excluding carboxylic acids is 2. The minimum atomic E-state index is -0.483. The molecule has 0 saturated carbocycles. The van der Waals surface area contributed by atoms with Crippen molar-refractivity contribution in [2.45, 2.75) is 57.9 Å². The van der Waals surface area contributed by atoms with Crippen molar-refractivity contribution in [3.8, 4) is 0 Å². The van der Waals surface area contributed by atoms with E-state index in [-0.39, 0.29) is 29.5 Å². The molecule has 0 unspecified atom stereocenters. The van der Waals surface area contributed by atoms with Crippen molar-refractivity contribution in [1.82, 2.24) is 18.5 Å². The Hall–Kier alpha value is -2.06. The monoisotopic (exact) mass is 388 g/mol. The van der Waals surface area contributed by atoms with Crippen LogP contribution in [0.2, 0.25) is 0 Å². The first-order valence-corrected chi connectivity index (χ1v) is 9.98. The minimum absolute atomic E-state index is 0.00956. The number of fused-ring (bicyclic) bond motifs is 3. The SMILES string of the molecule is C[C@@H](OC(C)(C)C)C(=O)N1C[C@@H]2C[C@H]1CN2C(=O)c1cccc2nsnc12. The van der Waals surface area contributed by atoms with Crippen molar-refractivity contribution < 1.29 is 14.3 Å². The highest BCUT2D eigenvalue weighted by Gasteiger charge is 2.48. The zero-order valence-corrected chi connectivity index (χ0v) is 16.8. The highest BCUT2D eigenvalue weighted by molar-refractivity contribution is 7.00. The Labute approximate surface area is 162 Å². The molecule has 0 N–H and O–H groups in total. The largest absolute Gasteiger partial charge is 0.363 e. The van der Waals surface area contributed by atoms with Crippen molar-refractivity contribution in [3.63, 3.8) is 0 Å². The molecule has 2 aromatic rings. The molecule has 0 aliphatic carbocycles. The molecule has 2 aliphatic rings. The first-order chi connectivity index (χ1) is 12.7. The third-order valence-electron chi connectivity index (χ3n) is 5.18. The van der Waals surface area contributed by atoms with E-state index in [0.29, 0.717) is 24.2 Å². The van der Waals surface area contributed by atoms with E-state index < -0.39 is 6.10 Å². The average Bonchev–Trinajstić information content (AvgIpc) is 3.32. The maximum atomic E-state index is 13.1. The number of ether oxygens (including phenoxy) is 1. The predicted molar refractivity (Wildman–Crippen MR) is 103 cm³/mol. The van der Waals surface area contributed by atoms with Gasteiger partial charge in [-0.05, 0) is 46.2 Å². The van der Waals surface area contributed by atoms with E-state index in [0.717, 1.165) is 23.7 Å². The Morgan fingerprint density at radius 2 is 1.89 bits per heavy atom. The number of carbonyl (C=O) groups is 2. The lowest BCUT2D eigenvalue weighted by Gasteiger charge is -2.36. The van der Waals surface area contributed by atoms with Gasteiger partial charge < -0.3 is 14.5 Å². The minimum Gasteiger partial charge on any atom is -0.363 e. The molecule has 8 heteroatoms. The number of hydrogen-bond donors (Lipinski definition) is 0. The zero-order chi connectivity index (χ0) is 19.3. The number of benzene rings is 1. The third kappa shape index (κ3) is 3.32. The Morgan fingerprint density at radius 3 is 2.56 bits per heavy atom. The molecule has 0 radical (unpaired) electrons. The number of hydrogen-bond acceptors (Lipinski definition) is 6. The summed E-state index contributed by atoms with van der Waals surface area (Å²) >= 11 is 1.12. The van der Waals surface area contributed by atoms with Crippen LogP contribution in [0.15, 0.2) is 18.2 Å². The molecule has 2 saturated heterocycles. The summed E-state index contributed by atoms with van der Waals surface area (Å²) in [5.41, 5.74) is 1.64. The van der Waals surface area contributed by atoms with Crippen LogP contribution in [0.4, 0.5) is 0 Å². The van der Waals surface area contributed by atoms with Gasteiger partial charge in [-0.25, -0.2) is 0 Å². The highest BCUT2D eigenvalue weighted by atomic mass is 32.1.